The Hall–Kier alpha value is -2.18. The van der Waals surface area contributed by atoms with Crippen LogP contribution in [0.2, 0.25) is 0 Å². The van der Waals surface area contributed by atoms with Crippen LogP contribution in [0.3, 0.4) is 0 Å². The number of nitro groups is 1. The van der Waals surface area contributed by atoms with Crippen LogP contribution in [0.15, 0.2) is 18.3 Å². The van der Waals surface area contributed by atoms with Gasteiger partial charge in [0.05, 0.1) is 12.0 Å². The summed E-state index contributed by atoms with van der Waals surface area (Å²) >= 11 is 0. The average molecular weight is 212 g/mol. The Bertz CT molecular complexity index is 362. The second-order valence-corrected chi connectivity index (χ2v) is 2.48. The van der Waals surface area contributed by atoms with Gasteiger partial charge < -0.3 is 9.47 Å². The van der Waals surface area contributed by atoms with Gasteiger partial charge in [0, 0.05) is 12.1 Å². The SMILES string of the molecule is COC(=O)COc1ccc([N+](=O)[O-])cn1. The highest BCUT2D eigenvalue weighted by Gasteiger charge is 2.07. The quantitative estimate of drug-likeness (QED) is 0.411. The van der Waals surface area contributed by atoms with E-state index in [1.165, 1.54) is 19.2 Å². The molecule has 0 saturated heterocycles. The van der Waals surface area contributed by atoms with Gasteiger partial charge in [0.15, 0.2) is 6.61 Å². The first-order valence-electron chi connectivity index (χ1n) is 3.93. The highest BCUT2D eigenvalue weighted by atomic mass is 16.6. The van der Waals surface area contributed by atoms with E-state index in [-0.39, 0.29) is 18.2 Å². The molecule has 0 bridgehead atoms. The molecule has 7 nitrogen and oxygen atoms in total. The second-order valence-electron chi connectivity index (χ2n) is 2.48. The minimum atomic E-state index is -0.572. The van der Waals surface area contributed by atoms with Crippen LogP contribution >= 0.6 is 0 Å². The molecular formula is C8H8N2O5. The topological polar surface area (TPSA) is 91.6 Å². The van der Waals surface area contributed by atoms with Crippen molar-refractivity contribution < 1.29 is 19.2 Å². The third kappa shape index (κ3) is 3.22. The van der Waals surface area contributed by atoms with E-state index < -0.39 is 10.9 Å². The van der Waals surface area contributed by atoms with Gasteiger partial charge in [0.2, 0.25) is 5.88 Å². The lowest BCUT2D eigenvalue weighted by Gasteiger charge is -2.02. The maximum Gasteiger partial charge on any atom is 0.343 e. The second kappa shape index (κ2) is 4.89. The van der Waals surface area contributed by atoms with Crippen LogP contribution in [0.4, 0.5) is 5.69 Å². The molecule has 0 aliphatic heterocycles. The Morgan fingerprint density at radius 2 is 2.33 bits per heavy atom. The average Bonchev–Trinajstić information content (AvgIpc) is 2.26. The minimum absolute atomic E-state index is 0.131. The first kappa shape index (κ1) is 10.9. The van der Waals surface area contributed by atoms with E-state index in [1.54, 1.807) is 0 Å². The molecule has 1 heterocycles. The van der Waals surface area contributed by atoms with E-state index in [1.807, 2.05) is 0 Å². The number of methoxy groups -OCH3 is 1. The molecule has 0 radical (unpaired) electrons. The summed E-state index contributed by atoms with van der Waals surface area (Å²) in [5, 5.41) is 10.3. The minimum Gasteiger partial charge on any atom is -0.466 e. The molecule has 1 aromatic rings. The smallest absolute Gasteiger partial charge is 0.343 e. The zero-order chi connectivity index (χ0) is 11.3. The van der Waals surface area contributed by atoms with Crippen LogP contribution in [0.25, 0.3) is 0 Å². The largest absolute Gasteiger partial charge is 0.466 e. The lowest BCUT2D eigenvalue weighted by atomic mass is 10.4. The monoisotopic (exact) mass is 212 g/mol. The summed E-state index contributed by atoms with van der Waals surface area (Å²) in [5.41, 5.74) is -0.139. The highest BCUT2D eigenvalue weighted by molar-refractivity contribution is 5.70. The van der Waals surface area contributed by atoms with Crippen LogP contribution < -0.4 is 4.74 Å². The molecule has 0 N–H and O–H groups in total. The molecule has 7 heteroatoms. The van der Waals surface area contributed by atoms with E-state index in [9.17, 15) is 14.9 Å². The number of carbonyl (C=O) groups excluding carboxylic acids is 1. The number of hydrogen-bond acceptors (Lipinski definition) is 6. The molecular weight excluding hydrogens is 204 g/mol. The molecule has 80 valence electrons. The first-order valence-corrected chi connectivity index (χ1v) is 3.93. The molecule has 15 heavy (non-hydrogen) atoms. The van der Waals surface area contributed by atoms with Crippen molar-refractivity contribution in [2.24, 2.45) is 0 Å². The Kier molecular flexibility index (Phi) is 3.55. The predicted octanol–water partition coefficient (Wildman–Crippen LogP) is 0.542. The molecule has 1 rings (SSSR count). The Morgan fingerprint density at radius 1 is 1.60 bits per heavy atom. The summed E-state index contributed by atoms with van der Waals surface area (Å²) in [5.74, 6) is -0.416. The zero-order valence-corrected chi connectivity index (χ0v) is 7.87. The van der Waals surface area contributed by atoms with Crippen LogP contribution in [-0.2, 0) is 9.53 Å². The maximum atomic E-state index is 10.7. The number of carbonyl (C=O) groups is 1. The van der Waals surface area contributed by atoms with Gasteiger partial charge in [-0.2, -0.15) is 0 Å². The van der Waals surface area contributed by atoms with E-state index in [4.69, 9.17) is 4.74 Å². The number of aromatic nitrogens is 1. The van der Waals surface area contributed by atoms with Gasteiger partial charge in [-0.05, 0) is 0 Å². The molecule has 0 spiro atoms. The van der Waals surface area contributed by atoms with Gasteiger partial charge in [0.25, 0.3) is 5.69 Å². The van der Waals surface area contributed by atoms with Crippen LogP contribution in [-0.4, -0.2) is 29.6 Å². The van der Waals surface area contributed by atoms with Crippen molar-refractivity contribution >= 4 is 11.7 Å². The number of hydrogen-bond donors (Lipinski definition) is 0. The molecule has 0 amide bonds. The van der Waals surface area contributed by atoms with Gasteiger partial charge in [-0.25, -0.2) is 9.78 Å². The highest BCUT2D eigenvalue weighted by Crippen LogP contribution is 2.13. The van der Waals surface area contributed by atoms with Crippen LogP contribution in [0.5, 0.6) is 5.88 Å². The van der Waals surface area contributed by atoms with E-state index in [0.717, 1.165) is 6.20 Å². The summed E-state index contributed by atoms with van der Waals surface area (Å²) < 4.78 is 9.22. The molecule has 0 saturated carbocycles. The van der Waals surface area contributed by atoms with Gasteiger partial charge in [-0.15, -0.1) is 0 Å². The van der Waals surface area contributed by atoms with Crippen molar-refractivity contribution in [3.05, 3.63) is 28.4 Å². The van der Waals surface area contributed by atoms with E-state index in [2.05, 4.69) is 9.72 Å². The number of ether oxygens (including phenoxy) is 2. The number of esters is 1. The molecule has 0 unspecified atom stereocenters. The lowest BCUT2D eigenvalue weighted by Crippen LogP contribution is -2.13. The standard InChI is InChI=1S/C8H8N2O5/c1-14-8(11)5-15-7-3-2-6(4-9-7)10(12)13/h2-4H,5H2,1H3. The van der Waals surface area contributed by atoms with Crippen molar-refractivity contribution in [1.82, 2.24) is 4.98 Å². The summed E-state index contributed by atoms with van der Waals surface area (Å²) in [4.78, 5) is 24.0. The molecule has 1 aromatic heterocycles. The van der Waals surface area contributed by atoms with Crippen molar-refractivity contribution in [1.29, 1.82) is 0 Å². The molecule has 0 aliphatic rings. The van der Waals surface area contributed by atoms with Crippen molar-refractivity contribution in [2.75, 3.05) is 13.7 Å². The zero-order valence-electron chi connectivity index (χ0n) is 7.87. The summed E-state index contributed by atoms with van der Waals surface area (Å²) in [7, 11) is 1.23. The predicted molar refractivity (Wildman–Crippen MR) is 48.4 cm³/mol. The number of rotatable bonds is 4. The van der Waals surface area contributed by atoms with E-state index >= 15 is 0 Å². The van der Waals surface area contributed by atoms with Crippen molar-refractivity contribution in [2.45, 2.75) is 0 Å². The Morgan fingerprint density at radius 3 is 2.80 bits per heavy atom. The molecule has 0 fully saturated rings. The van der Waals surface area contributed by atoms with Crippen molar-refractivity contribution in [3.8, 4) is 5.88 Å². The van der Waals surface area contributed by atoms with Gasteiger partial charge in [-0.3, -0.25) is 10.1 Å². The lowest BCUT2D eigenvalue weighted by molar-refractivity contribution is -0.385. The fraction of sp³-hybridized carbons (Fsp3) is 0.250. The van der Waals surface area contributed by atoms with Crippen molar-refractivity contribution in [3.63, 3.8) is 0 Å². The third-order valence-corrected chi connectivity index (χ3v) is 1.50. The maximum absolute atomic E-state index is 10.7. The van der Waals surface area contributed by atoms with E-state index in [0.29, 0.717) is 0 Å². The molecule has 0 aliphatic carbocycles. The summed E-state index contributed by atoms with van der Waals surface area (Å²) in [6.07, 6.45) is 1.05. The fourth-order valence-corrected chi connectivity index (χ4v) is 0.758. The number of nitrogens with zero attached hydrogens (tertiary/aromatic N) is 2. The van der Waals surface area contributed by atoms with Crippen LogP contribution in [0, 0.1) is 10.1 Å². The van der Waals surface area contributed by atoms with Gasteiger partial charge in [0.1, 0.15) is 6.20 Å². The van der Waals surface area contributed by atoms with Crippen LogP contribution in [0.1, 0.15) is 0 Å². The fourth-order valence-electron chi connectivity index (χ4n) is 0.758. The number of pyridine rings is 1. The first-order chi connectivity index (χ1) is 7.13. The van der Waals surface area contributed by atoms with Gasteiger partial charge in [-0.1, -0.05) is 0 Å². The summed E-state index contributed by atoms with van der Waals surface area (Å²) in [6.45, 7) is -0.276. The van der Waals surface area contributed by atoms with Gasteiger partial charge >= 0.3 is 5.97 Å². The summed E-state index contributed by atoms with van der Waals surface area (Å²) in [6, 6.07) is 2.54. The Balaban J connectivity index is 2.57. The molecule has 0 aromatic carbocycles. The molecule has 0 atom stereocenters. The Labute approximate surface area is 84.8 Å². The third-order valence-electron chi connectivity index (χ3n) is 1.50. The normalized spacial score (nSPS) is 9.40.